The van der Waals surface area contributed by atoms with Gasteiger partial charge in [0.2, 0.25) is 5.95 Å². The summed E-state index contributed by atoms with van der Waals surface area (Å²) in [5.74, 6) is 1.01. The third kappa shape index (κ3) is 7.07. The number of halogens is 1. The van der Waals surface area contributed by atoms with Crippen molar-refractivity contribution in [3.05, 3.63) is 45.4 Å². The first-order chi connectivity index (χ1) is 19.1. The highest BCUT2D eigenvalue weighted by Crippen LogP contribution is 2.31. The number of nitrogens with one attached hydrogen (secondary N) is 1. The lowest BCUT2D eigenvalue weighted by molar-refractivity contribution is 0.0240. The number of nitriles is 1. The summed E-state index contributed by atoms with van der Waals surface area (Å²) in [5.41, 5.74) is 1.06. The van der Waals surface area contributed by atoms with Gasteiger partial charge in [-0.1, -0.05) is 12.8 Å². The van der Waals surface area contributed by atoms with Gasteiger partial charge in [-0.05, 0) is 67.7 Å². The average molecular weight is 612 g/mol. The van der Waals surface area contributed by atoms with Gasteiger partial charge in [-0.2, -0.15) is 10.2 Å². The minimum Gasteiger partial charge on any atom is -0.444 e. The molecule has 1 saturated carbocycles. The zero-order valence-corrected chi connectivity index (χ0v) is 24.9. The van der Waals surface area contributed by atoms with E-state index >= 15 is 0 Å². The van der Waals surface area contributed by atoms with Gasteiger partial charge < -0.3 is 19.9 Å². The van der Waals surface area contributed by atoms with Crippen LogP contribution in [0.4, 0.5) is 22.2 Å². The van der Waals surface area contributed by atoms with Gasteiger partial charge in [0.05, 0.1) is 22.4 Å². The third-order valence-corrected chi connectivity index (χ3v) is 7.27. The predicted octanol–water partition coefficient (Wildman–Crippen LogP) is 5.39. The lowest BCUT2D eigenvalue weighted by atomic mass is 10.2. The minimum atomic E-state index is -0.499. The van der Waals surface area contributed by atoms with Gasteiger partial charge in [-0.3, -0.25) is 9.36 Å². The molecule has 0 atom stereocenters. The normalized spacial score (nSPS) is 15.8. The number of pyridine rings is 2. The molecule has 40 heavy (non-hydrogen) atoms. The Morgan fingerprint density at radius 1 is 1.12 bits per heavy atom. The Labute approximate surface area is 242 Å². The third-order valence-electron chi connectivity index (χ3n) is 6.70. The average Bonchev–Trinajstić information content (AvgIpc) is 3.44. The van der Waals surface area contributed by atoms with Crippen molar-refractivity contribution >= 4 is 50.5 Å². The van der Waals surface area contributed by atoms with Crippen molar-refractivity contribution in [2.24, 2.45) is 0 Å². The number of aromatic nitrogens is 4. The number of ether oxygens (including phenoxy) is 1. The topological polar surface area (TPSA) is 129 Å². The number of piperazine rings is 1. The molecule has 212 valence electrons. The van der Waals surface area contributed by atoms with Crippen LogP contribution >= 0.6 is 15.9 Å². The van der Waals surface area contributed by atoms with Gasteiger partial charge in [0, 0.05) is 50.7 Å². The Morgan fingerprint density at radius 3 is 2.40 bits per heavy atom. The molecule has 12 heteroatoms. The fourth-order valence-electron chi connectivity index (χ4n) is 4.88. The van der Waals surface area contributed by atoms with Crippen LogP contribution in [-0.4, -0.2) is 62.3 Å². The first-order valence-electron chi connectivity index (χ1n) is 13.4. The van der Waals surface area contributed by atoms with Crippen LogP contribution in [0.25, 0.3) is 11.0 Å². The van der Waals surface area contributed by atoms with Gasteiger partial charge in [0.25, 0.3) is 5.56 Å². The second-order valence-corrected chi connectivity index (χ2v) is 11.6. The van der Waals surface area contributed by atoms with Crippen molar-refractivity contribution in [1.82, 2.24) is 24.4 Å². The molecule has 0 bridgehead atoms. The Balaban J connectivity index is 0.00000118. The van der Waals surface area contributed by atoms with E-state index in [2.05, 4.69) is 36.1 Å². The zero-order valence-electron chi connectivity index (χ0n) is 23.4. The van der Waals surface area contributed by atoms with Gasteiger partial charge in [0.1, 0.15) is 17.1 Å². The van der Waals surface area contributed by atoms with E-state index in [4.69, 9.17) is 15.0 Å². The van der Waals surface area contributed by atoms with Crippen molar-refractivity contribution in [1.29, 1.82) is 5.26 Å². The Kier molecular flexibility index (Phi) is 9.25. The molecule has 1 amide bonds. The Bertz CT molecular complexity index is 1430. The lowest BCUT2D eigenvalue weighted by Crippen LogP contribution is -2.50. The molecule has 5 rings (SSSR count). The van der Waals surface area contributed by atoms with E-state index in [0.29, 0.717) is 48.1 Å². The van der Waals surface area contributed by atoms with Crippen LogP contribution in [0.1, 0.15) is 59.4 Å². The molecule has 3 aromatic heterocycles. The van der Waals surface area contributed by atoms with Crippen molar-refractivity contribution < 1.29 is 9.53 Å². The molecule has 0 spiro atoms. The number of anilines is 3. The van der Waals surface area contributed by atoms with E-state index in [1.54, 1.807) is 29.4 Å². The molecular weight excluding hydrogens is 576 g/mol. The second kappa shape index (κ2) is 12.6. The fourth-order valence-corrected chi connectivity index (χ4v) is 5.32. The summed E-state index contributed by atoms with van der Waals surface area (Å²) in [6.45, 7) is 9.65. The van der Waals surface area contributed by atoms with Gasteiger partial charge in [-0.15, -0.1) is 0 Å². The van der Waals surface area contributed by atoms with E-state index in [9.17, 15) is 9.59 Å². The number of carbonyl (C=O) groups is 1. The minimum absolute atomic E-state index is 0.0571. The van der Waals surface area contributed by atoms with Crippen LogP contribution in [0.3, 0.4) is 0 Å². The lowest BCUT2D eigenvalue weighted by Gasteiger charge is -2.36. The van der Waals surface area contributed by atoms with Gasteiger partial charge in [-0.25, -0.2) is 14.8 Å². The maximum absolute atomic E-state index is 12.9. The molecule has 1 aliphatic carbocycles. The summed E-state index contributed by atoms with van der Waals surface area (Å²) in [7, 11) is 0. The Hall–Kier alpha value is -3.72. The molecule has 2 fully saturated rings. The van der Waals surface area contributed by atoms with Crippen molar-refractivity contribution in [2.75, 3.05) is 36.4 Å². The number of nitrogens with zero attached hydrogens (tertiary/aromatic N) is 7. The SMILES string of the molecule is CC#N.CC(C)(C)OC(=O)N1CCN(c2ccc(Nc3ncc4cc(Br)c(=O)n(C5CCCC5)c4n3)nc2)CC1. The second-order valence-electron chi connectivity index (χ2n) is 10.8. The first kappa shape index (κ1) is 29.3. The van der Waals surface area contributed by atoms with Crippen molar-refractivity contribution in [2.45, 2.75) is 65.0 Å². The monoisotopic (exact) mass is 610 g/mol. The first-order valence-corrected chi connectivity index (χ1v) is 14.2. The highest BCUT2D eigenvalue weighted by molar-refractivity contribution is 9.10. The van der Waals surface area contributed by atoms with E-state index in [-0.39, 0.29) is 17.7 Å². The van der Waals surface area contributed by atoms with Crippen LogP contribution in [-0.2, 0) is 4.74 Å². The summed E-state index contributed by atoms with van der Waals surface area (Å²) in [6.07, 6.45) is 7.46. The van der Waals surface area contributed by atoms with Crippen LogP contribution in [0.5, 0.6) is 0 Å². The summed E-state index contributed by atoms with van der Waals surface area (Å²) in [6, 6.07) is 7.56. The fraction of sp³-hybridized carbons (Fsp3) is 0.500. The molecule has 0 unspecified atom stereocenters. The number of fused-ring (bicyclic) bond motifs is 1. The van der Waals surface area contributed by atoms with Crippen LogP contribution in [0.15, 0.2) is 39.9 Å². The van der Waals surface area contributed by atoms with E-state index in [1.165, 1.54) is 6.92 Å². The highest BCUT2D eigenvalue weighted by Gasteiger charge is 2.26. The van der Waals surface area contributed by atoms with Crippen molar-refractivity contribution in [3.63, 3.8) is 0 Å². The van der Waals surface area contributed by atoms with Gasteiger partial charge >= 0.3 is 6.09 Å². The number of rotatable bonds is 4. The van der Waals surface area contributed by atoms with Crippen LogP contribution < -0.4 is 15.8 Å². The summed E-state index contributed by atoms with van der Waals surface area (Å²) >= 11 is 3.40. The maximum Gasteiger partial charge on any atom is 0.410 e. The maximum atomic E-state index is 12.9. The predicted molar refractivity (Wildman–Crippen MR) is 158 cm³/mol. The van der Waals surface area contributed by atoms with Crippen molar-refractivity contribution in [3.8, 4) is 6.07 Å². The molecule has 11 nitrogen and oxygen atoms in total. The summed E-state index contributed by atoms with van der Waals surface area (Å²) < 4.78 is 7.82. The summed E-state index contributed by atoms with van der Waals surface area (Å²) in [5, 5.41) is 11.3. The van der Waals surface area contributed by atoms with Gasteiger partial charge in [0.15, 0.2) is 0 Å². The van der Waals surface area contributed by atoms with E-state index in [1.807, 2.05) is 37.5 Å². The zero-order chi connectivity index (χ0) is 28.9. The number of hydrogen-bond donors (Lipinski definition) is 1. The molecule has 0 aromatic carbocycles. The molecule has 3 aromatic rings. The number of hydrogen-bond acceptors (Lipinski definition) is 9. The molecular formula is C28H35BrN8O3. The molecule has 1 aliphatic heterocycles. The molecule has 4 heterocycles. The summed E-state index contributed by atoms with van der Waals surface area (Å²) in [4.78, 5) is 42.9. The van der Waals surface area contributed by atoms with E-state index in [0.717, 1.165) is 36.8 Å². The number of carbonyl (C=O) groups excluding carboxylic acids is 1. The molecule has 0 radical (unpaired) electrons. The van der Waals surface area contributed by atoms with E-state index < -0.39 is 5.60 Å². The van der Waals surface area contributed by atoms with Crippen LogP contribution in [0, 0.1) is 11.3 Å². The quantitative estimate of drug-likeness (QED) is 0.413. The Morgan fingerprint density at radius 2 is 1.80 bits per heavy atom. The smallest absolute Gasteiger partial charge is 0.410 e. The number of amides is 1. The molecule has 1 saturated heterocycles. The largest absolute Gasteiger partial charge is 0.444 e. The van der Waals surface area contributed by atoms with Crippen LogP contribution in [0.2, 0.25) is 0 Å². The molecule has 1 N–H and O–H groups in total. The standard InChI is InChI=1S/C26H32BrN7O3.C2H3N/c1-26(2,3)37-25(36)33-12-10-32(11-13-33)19-8-9-21(28-16-19)30-24-29-15-17-14-20(27)23(35)34(22(17)31-24)18-6-4-5-7-18;1-2-3/h8-9,14-16,18H,4-7,10-13H2,1-3H3,(H,28,29,30,31);1H3. The highest BCUT2D eigenvalue weighted by atomic mass is 79.9. The molecule has 2 aliphatic rings.